The van der Waals surface area contributed by atoms with Crippen LogP contribution < -0.4 is 4.74 Å². The minimum Gasteiger partial charge on any atom is -0.496 e. The van der Waals surface area contributed by atoms with Crippen LogP contribution in [0, 0.1) is 11.7 Å². The number of methoxy groups -OCH3 is 1. The molecule has 1 saturated carbocycles. The van der Waals surface area contributed by atoms with Gasteiger partial charge in [-0.3, -0.25) is 4.79 Å². The van der Waals surface area contributed by atoms with E-state index in [4.69, 9.17) is 4.74 Å². The summed E-state index contributed by atoms with van der Waals surface area (Å²) in [7, 11) is 1.49. The van der Waals surface area contributed by atoms with Crippen molar-refractivity contribution >= 4 is 5.78 Å². The quantitative estimate of drug-likeness (QED) is 0.711. The molecule has 1 aliphatic rings. The molecule has 1 aromatic carbocycles. The van der Waals surface area contributed by atoms with Crippen molar-refractivity contribution in [3.8, 4) is 5.75 Å². The van der Waals surface area contributed by atoms with Crippen LogP contribution in [0.25, 0.3) is 0 Å². The third-order valence-electron chi connectivity index (χ3n) is 2.63. The summed E-state index contributed by atoms with van der Waals surface area (Å²) in [4.78, 5) is 11.8. The van der Waals surface area contributed by atoms with Gasteiger partial charge >= 0.3 is 0 Å². The normalized spacial score (nSPS) is 15.1. The molecule has 0 bridgehead atoms. The van der Waals surface area contributed by atoms with E-state index in [1.54, 1.807) is 0 Å². The van der Waals surface area contributed by atoms with Gasteiger partial charge in [0.15, 0.2) is 5.78 Å². The molecule has 2 rings (SSSR count). The first-order chi connectivity index (χ1) is 7.20. The zero-order chi connectivity index (χ0) is 10.8. The zero-order valence-corrected chi connectivity index (χ0v) is 8.63. The second-order valence-electron chi connectivity index (χ2n) is 3.92. The highest BCUT2D eigenvalue weighted by atomic mass is 19.1. The molecule has 1 fully saturated rings. The molecular weight excluding hydrogens is 195 g/mol. The van der Waals surface area contributed by atoms with Crippen molar-refractivity contribution in [1.29, 1.82) is 0 Å². The van der Waals surface area contributed by atoms with Crippen molar-refractivity contribution in [3.05, 3.63) is 29.6 Å². The molecule has 0 aromatic heterocycles. The predicted molar refractivity (Wildman–Crippen MR) is 54.6 cm³/mol. The molecule has 1 aromatic rings. The Balaban J connectivity index is 2.23. The average Bonchev–Trinajstić information content (AvgIpc) is 3.01. The zero-order valence-electron chi connectivity index (χ0n) is 8.63. The summed E-state index contributed by atoms with van der Waals surface area (Å²) in [6.45, 7) is 0. The first-order valence-corrected chi connectivity index (χ1v) is 5.07. The van der Waals surface area contributed by atoms with E-state index >= 15 is 0 Å². The van der Waals surface area contributed by atoms with Gasteiger partial charge in [0.1, 0.15) is 11.6 Å². The number of rotatable bonds is 4. The highest BCUT2D eigenvalue weighted by Gasteiger charge is 2.26. The first-order valence-electron chi connectivity index (χ1n) is 5.07. The third kappa shape index (κ3) is 2.35. The highest BCUT2D eigenvalue weighted by molar-refractivity contribution is 5.98. The van der Waals surface area contributed by atoms with Crippen LogP contribution in [0.1, 0.15) is 29.6 Å². The van der Waals surface area contributed by atoms with Gasteiger partial charge in [-0.25, -0.2) is 4.39 Å². The molecule has 2 nitrogen and oxygen atoms in total. The molecule has 80 valence electrons. The lowest BCUT2D eigenvalue weighted by Gasteiger charge is -2.06. The summed E-state index contributed by atoms with van der Waals surface area (Å²) in [5.74, 6) is 0.552. The monoisotopic (exact) mass is 208 g/mol. The minimum atomic E-state index is -0.394. The fraction of sp³-hybridized carbons (Fsp3) is 0.417. The summed E-state index contributed by atoms with van der Waals surface area (Å²) >= 11 is 0. The maximum absolute atomic E-state index is 13.0. The van der Waals surface area contributed by atoms with Crippen LogP contribution in [0.2, 0.25) is 0 Å². The number of ether oxygens (including phenoxy) is 1. The number of hydrogen-bond donors (Lipinski definition) is 0. The van der Waals surface area contributed by atoms with Gasteiger partial charge in [-0.15, -0.1) is 0 Å². The number of carbonyl (C=O) groups is 1. The van der Waals surface area contributed by atoms with Crippen molar-refractivity contribution in [2.45, 2.75) is 19.3 Å². The molecule has 0 saturated heterocycles. The molecule has 0 unspecified atom stereocenters. The number of carbonyl (C=O) groups excluding carboxylic acids is 1. The van der Waals surface area contributed by atoms with E-state index in [0.29, 0.717) is 23.7 Å². The number of ketones is 1. The smallest absolute Gasteiger partial charge is 0.166 e. The molecule has 0 aliphatic heterocycles. The van der Waals surface area contributed by atoms with E-state index in [1.807, 2.05) is 0 Å². The Morgan fingerprint density at radius 2 is 2.27 bits per heavy atom. The van der Waals surface area contributed by atoms with Crippen LogP contribution in [-0.4, -0.2) is 12.9 Å². The topological polar surface area (TPSA) is 26.3 Å². The maximum Gasteiger partial charge on any atom is 0.166 e. The van der Waals surface area contributed by atoms with E-state index in [9.17, 15) is 9.18 Å². The number of Topliss-reactive ketones (excluding diaryl/α,β-unsaturated/α-hetero) is 1. The van der Waals surface area contributed by atoms with Gasteiger partial charge in [0.25, 0.3) is 0 Å². The van der Waals surface area contributed by atoms with Crippen molar-refractivity contribution in [3.63, 3.8) is 0 Å². The SMILES string of the molecule is COc1ccc(F)cc1C(=O)CC1CC1. The lowest BCUT2D eigenvalue weighted by atomic mass is 10.0. The van der Waals surface area contributed by atoms with Gasteiger partial charge in [0, 0.05) is 6.42 Å². The Bertz CT molecular complexity index is 383. The molecule has 0 N–H and O–H groups in total. The molecule has 0 heterocycles. The van der Waals surface area contributed by atoms with Crippen LogP contribution in [0.4, 0.5) is 4.39 Å². The van der Waals surface area contributed by atoms with Crippen molar-refractivity contribution < 1.29 is 13.9 Å². The highest BCUT2D eigenvalue weighted by Crippen LogP contribution is 2.34. The number of hydrogen-bond acceptors (Lipinski definition) is 2. The Kier molecular flexibility index (Phi) is 2.71. The van der Waals surface area contributed by atoms with E-state index in [1.165, 1.54) is 25.3 Å². The third-order valence-corrected chi connectivity index (χ3v) is 2.63. The molecular formula is C12H13FO2. The summed E-state index contributed by atoms with van der Waals surface area (Å²) in [6, 6.07) is 4.05. The lowest BCUT2D eigenvalue weighted by Crippen LogP contribution is -2.03. The Morgan fingerprint density at radius 3 is 2.87 bits per heavy atom. The standard InChI is InChI=1S/C12H13FO2/c1-15-12-5-4-9(13)7-10(12)11(14)6-8-2-3-8/h4-5,7-8H,2-3,6H2,1H3. The van der Waals surface area contributed by atoms with Crippen LogP contribution in [-0.2, 0) is 0 Å². The number of halogens is 1. The second-order valence-corrected chi connectivity index (χ2v) is 3.92. The van der Waals surface area contributed by atoms with Crippen LogP contribution in [0.5, 0.6) is 5.75 Å². The predicted octanol–water partition coefficient (Wildman–Crippen LogP) is 2.82. The number of benzene rings is 1. The van der Waals surface area contributed by atoms with E-state index in [0.717, 1.165) is 12.8 Å². The summed E-state index contributed by atoms with van der Waals surface area (Å²) in [6.07, 6.45) is 2.74. The van der Waals surface area contributed by atoms with Gasteiger partial charge in [-0.05, 0) is 37.0 Å². The molecule has 0 amide bonds. The molecule has 0 radical (unpaired) electrons. The van der Waals surface area contributed by atoms with Crippen LogP contribution in [0.15, 0.2) is 18.2 Å². The molecule has 15 heavy (non-hydrogen) atoms. The van der Waals surface area contributed by atoms with Gasteiger partial charge in [0.2, 0.25) is 0 Å². The van der Waals surface area contributed by atoms with Gasteiger partial charge in [-0.2, -0.15) is 0 Å². The Labute approximate surface area is 88.1 Å². The minimum absolute atomic E-state index is 0.0196. The van der Waals surface area contributed by atoms with E-state index < -0.39 is 5.82 Å². The lowest BCUT2D eigenvalue weighted by molar-refractivity contribution is 0.0972. The van der Waals surface area contributed by atoms with E-state index in [-0.39, 0.29) is 5.78 Å². The van der Waals surface area contributed by atoms with Gasteiger partial charge in [-0.1, -0.05) is 0 Å². The average molecular weight is 208 g/mol. The van der Waals surface area contributed by atoms with Crippen molar-refractivity contribution in [1.82, 2.24) is 0 Å². The Morgan fingerprint density at radius 1 is 1.53 bits per heavy atom. The second kappa shape index (κ2) is 4.01. The van der Waals surface area contributed by atoms with Gasteiger partial charge < -0.3 is 4.74 Å². The molecule has 3 heteroatoms. The summed E-state index contributed by atoms with van der Waals surface area (Å²) in [5.41, 5.74) is 0.365. The Hall–Kier alpha value is -1.38. The maximum atomic E-state index is 13.0. The van der Waals surface area contributed by atoms with Crippen LogP contribution in [0.3, 0.4) is 0 Å². The fourth-order valence-electron chi connectivity index (χ4n) is 1.59. The van der Waals surface area contributed by atoms with Crippen molar-refractivity contribution in [2.75, 3.05) is 7.11 Å². The summed E-state index contributed by atoms with van der Waals surface area (Å²) in [5, 5.41) is 0. The molecule has 0 spiro atoms. The fourth-order valence-corrected chi connectivity index (χ4v) is 1.59. The van der Waals surface area contributed by atoms with E-state index in [2.05, 4.69) is 0 Å². The van der Waals surface area contributed by atoms with Crippen LogP contribution >= 0.6 is 0 Å². The summed E-state index contributed by atoms with van der Waals surface area (Å²) < 4.78 is 18.0. The van der Waals surface area contributed by atoms with Crippen molar-refractivity contribution in [2.24, 2.45) is 5.92 Å². The molecule has 1 aliphatic carbocycles. The first kappa shape index (κ1) is 10.1. The molecule has 0 atom stereocenters. The van der Waals surface area contributed by atoms with Gasteiger partial charge in [0.05, 0.1) is 12.7 Å². The largest absolute Gasteiger partial charge is 0.496 e.